The summed E-state index contributed by atoms with van der Waals surface area (Å²) in [6, 6.07) is 5.25. The second-order valence-corrected chi connectivity index (χ2v) is 5.64. The Morgan fingerprint density at radius 3 is 2.58 bits per heavy atom. The van der Waals surface area contributed by atoms with Crippen molar-refractivity contribution in [3.63, 3.8) is 0 Å². The summed E-state index contributed by atoms with van der Waals surface area (Å²) in [7, 11) is 0. The van der Waals surface area contributed by atoms with Crippen LogP contribution in [0.4, 0.5) is 0 Å². The highest BCUT2D eigenvalue weighted by Gasteiger charge is 2.44. The lowest BCUT2D eigenvalue weighted by Crippen LogP contribution is -2.47. The molecule has 4 nitrogen and oxygen atoms in total. The molecule has 3 rings (SSSR count). The Bertz CT molecular complexity index is 565. The Kier molecular flexibility index (Phi) is 3.25. The van der Waals surface area contributed by atoms with Gasteiger partial charge in [-0.3, -0.25) is 9.79 Å². The topological polar surface area (TPSA) is 53.5 Å². The molecule has 0 radical (unpaired) electrons. The molecule has 100 valence electrons. The number of aliphatic imine (C=N–C) groups is 1. The van der Waals surface area contributed by atoms with Gasteiger partial charge in [0.25, 0.3) is 5.91 Å². The van der Waals surface area contributed by atoms with Gasteiger partial charge in [0.15, 0.2) is 0 Å². The fourth-order valence-electron chi connectivity index (χ4n) is 2.48. The van der Waals surface area contributed by atoms with Gasteiger partial charge in [-0.05, 0) is 44.1 Å². The van der Waals surface area contributed by atoms with Gasteiger partial charge < -0.3 is 10.6 Å². The molecule has 1 aromatic rings. The second kappa shape index (κ2) is 4.78. The minimum Gasteiger partial charge on any atom is -0.317 e. The van der Waals surface area contributed by atoms with E-state index in [0.29, 0.717) is 15.9 Å². The fourth-order valence-corrected chi connectivity index (χ4v) is 2.77. The number of amides is 1. The molecule has 0 saturated carbocycles. The van der Waals surface area contributed by atoms with Gasteiger partial charge >= 0.3 is 0 Å². The normalized spacial score (nSPS) is 21.4. The summed E-state index contributed by atoms with van der Waals surface area (Å²) >= 11 is 11.9. The average molecular weight is 298 g/mol. The SMILES string of the molecule is O=C1NC(c2ccc(Cl)c(Cl)c2)=NC12CCNCC2. The van der Waals surface area contributed by atoms with Gasteiger partial charge in [-0.1, -0.05) is 23.2 Å². The summed E-state index contributed by atoms with van der Waals surface area (Å²) < 4.78 is 0. The van der Waals surface area contributed by atoms with Gasteiger partial charge in [-0.25, -0.2) is 0 Å². The second-order valence-electron chi connectivity index (χ2n) is 4.83. The van der Waals surface area contributed by atoms with Crippen LogP contribution in [-0.2, 0) is 4.79 Å². The standard InChI is InChI=1S/C13H13Cl2N3O/c14-9-2-1-8(7-10(9)15)11-17-12(19)13(18-11)3-5-16-6-4-13/h1-2,7,16H,3-6H2,(H,17,18,19). The summed E-state index contributed by atoms with van der Waals surface area (Å²) in [4.78, 5) is 16.8. The van der Waals surface area contributed by atoms with Crippen molar-refractivity contribution in [2.45, 2.75) is 18.4 Å². The monoisotopic (exact) mass is 297 g/mol. The van der Waals surface area contributed by atoms with Crippen LogP contribution in [-0.4, -0.2) is 30.4 Å². The Balaban J connectivity index is 1.95. The lowest BCUT2D eigenvalue weighted by Gasteiger charge is -2.28. The molecule has 0 aromatic heterocycles. The number of benzene rings is 1. The summed E-state index contributed by atoms with van der Waals surface area (Å²) in [5.41, 5.74) is 0.185. The largest absolute Gasteiger partial charge is 0.317 e. The van der Waals surface area contributed by atoms with Gasteiger partial charge in [0, 0.05) is 5.56 Å². The fraction of sp³-hybridized carbons (Fsp3) is 0.385. The molecule has 1 fully saturated rings. The van der Waals surface area contributed by atoms with Crippen molar-refractivity contribution in [1.29, 1.82) is 0 Å². The number of carbonyl (C=O) groups excluding carboxylic acids is 1. The smallest absolute Gasteiger partial charge is 0.253 e. The first-order chi connectivity index (χ1) is 9.11. The van der Waals surface area contributed by atoms with Crippen LogP contribution in [0, 0.1) is 0 Å². The van der Waals surface area contributed by atoms with E-state index < -0.39 is 5.54 Å². The summed E-state index contributed by atoms with van der Waals surface area (Å²) in [5.74, 6) is 0.570. The number of halogens is 2. The van der Waals surface area contributed by atoms with Crippen LogP contribution in [0.1, 0.15) is 18.4 Å². The zero-order valence-electron chi connectivity index (χ0n) is 10.2. The quantitative estimate of drug-likeness (QED) is 0.833. The van der Waals surface area contributed by atoms with E-state index in [4.69, 9.17) is 23.2 Å². The first kappa shape index (κ1) is 12.9. The van der Waals surface area contributed by atoms with Crippen LogP contribution in [0.5, 0.6) is 0 Å². The minimum absolute atomic E-state index is 0.0185. The molecule has 0 bridgehead atoms. The molecular formula is C13H13Cl2N3O. The Morgan fingerprint density at radius 2 is 1.89 bits per heavy atom. The zero-order chi connectivity index (χ0) is 13.5. The van der Waals surface area contributed by atoms with E-state index in [1.54, 1.807) is 12.1 Å². The molecule has 1 aromatic carbocycles. The number of hydrogen-bond donors (Lipinski definition) is 2. The Labute approximate surface area is 121 Å². The maximum Gasteiger partial charge on any atom is 0.253 e. The van der Waals surface area contributed by atoms with Crippen molar-refractivity contribution in [3.8, 4) is 0 Å². The van der Waals surface area contributed by atoms with E-state index in [1.165, 1.54) is 0 Å². The first-order valence-electron chi connectivity index (χ1n) is 6.18. The molecule has 19 heavy (non-hydrogen) atoms. The summed E-state index contributed by atoms with van der Waals surface area (Å²) in [5, 5.41) is 7.05. The van der Waals surface area contributed by atoms with Gasteiger partial charge in [0.1, 0.15) is 11.4 Å². The Hall–Kier alpha value is -1.10. The predicted octanol–water partition coefficient (Wildman–Crippen LogP) is 1.99. The molecule has 6 heteroatoms. The number of amidine groups is 1. The van der Waals surface area contributed by atoms with Gasteiger partial charge in [0.05, 0.1) is 10.0 Å². The van der Waals surface area contributed by atoms with Crippen LogP contribution < -0.4 is 10.6 Å². The molecule has 0 aliphatic carbocycles. The van der Waals surface area contributed by atoms with Crippen LogP contribution in [0.2, 0.25) is 10.0 Å². The van der Waals surface area contributed by atoms with Crippen molar-refractivity contribution in [2.24, 2.45) is 4.99 Å². The first-order valence-corrected chi connectivity index (χ1v) is 6.94. The molecule has 1 amide bonds. The van der Waals surface area contributed by atoms with E-state index in [1.807, 2.05) is 6.07 Å². The highest BCUT2D eigenvalue weighted by molar-refractivity contribution is 6.42. The van der Waals surface area contributed by atoms with Crippen molar-refractivity contribution < 1.29 is 4.79 Å². The van der Waals surface area contributed by atoms with E-state index in [0.717, 1.165) is 31.5 Å². The molecule has 1 saturated heterocycles. The molecule has 2 aliphatic rings. The summed E-state index contributed by atoms with van der Waals surface area (Å²) in [6.45, 7) is 1.62. The van der Waals surface area contributed by atoms with Crippen LogP contribution >= 0.6 is 23.2 Å². The van der Waals surface area contributed by atoms with Crippen molar-refractivity contribution in [1.82, 2.24) is 10.6 Å². The third-order valence-corrected chi connectivity index (χ3v) is 4.34. The van der Waals surface area contributed by atoms with Gasteiger partial charge in [-0.2, -0.15) is 0 Å². The van der Waals surface area contributed by atoms with Crippen molar-refractivity contribution >= 4 is 34.9 Å². The third kappa shape index (κ3) is 2.24. The number of nitrogens with one attached hydrogen (secondary N) is 2. The predicted molar refractivity (Wildman–Crippen MR) is 76.0 cm³/mol. The minimum atomic E-state index is -0.604. The lowest BCUT2D eigenvalue weighted by atomic mass is 9.89. The third-order valence-electron chi connectivity index (χ3n) is 3.60. The number of hydrogen-bond acceptors (Lipinski definition) is 3. The van der Waals surface area contributed by atoms with Crippen molar-refractivity contribution in [2.75, 3.05) is 13.1 Å². The molecule has 2 N–H and O–H groups in total. The molecule has 0 unspecified atom stereocenters. The Morgan fingerprint density at radius 1 is 1.16 bits per heavy atom. The van der Waals surface area contributed by atoms with E-state index in [2.05, 4.69) is 15.6 Å². The number of rotatable bonds is 1. The van der Waals surface area contributed by atoms with Gasteiger partial charge in [0.2, 0.25) is 0 Å². The number of carbonyl (C=O) groups is 1. The van der Waals surface area contributed by atoms with Crippen LogP contribution in [0.25, 0.3) is 0 Å². The van der Waals surface area contributed by atoms with Crippen LogP contribution in [0.15, 0.2) is 23.2 Å². The van der Waals surface area contributed by atoms with Gasteiger partial charge in [-0.15, -0.1) is 0 Å². The molecule has 2 heterocycles. The highest BCUT2D eigenvalue weighted by Crippen LogP contribution is 2.30. The maximum absolute atomic E-state index is 12.2. The molecule has 1 spiro atoms. The molecular weight excluding hydrogens is 285 g/mol. The average Bonchev–Trinajstić information content (AvgIpc) is 2.71. The maximum atomic E-state index is 12.2. The molecule has 0 atom stereocenters. The lowest BCUT2D eigenvalue weighted by molar-refractivity contribution is -0.124. The number of nitrogens with zero attached hydrogens (tertiary/aromatic N) is 1. The molecule has 2 aliphatic heterocycles. The van der Waals surface area contributed by atoms with E-state index in [-0.39, 0.29) is 5.91 Å². The zero-order valence-corrected chi connectivity index (χ0v) is 11.7. The van der Waals surface area contributed by atoms with Crippen molar-refractivity contribution in [3.05, 3.63) is 33.8 Å². The summed E-state index contributed by atoms with van der Waals surface area (Å²) in [6.07, 6.45) is 1.45. The van der Waals surface area contributed by atoms with E-state index in [9.17, 15) is 4.79 Å². The van der Waals surface area contributed by atoms with Crippen LogP contribution in [0.3, 0.4) is 0 Å². The highest BCUT2D eigenvalue weighted by atomic mass is 35.5. The number of piperidine rings is 1. The van der Waals surface area contributed by atoms with E-state index >= 15 is 0 Å².